The highest BCUT2D eigenvalue weighted by Crippen LogP contribution is 2.22. The minimum atomic E-state index is -3.92. The molecule has 1 unspecified atom stereocenters. The Labute approximate surface area is 206 Å². The first kappa shape index (κ1) is 27.1. The third kappa shape index (κ3) is 6.79. The second-order valence-corrected chi connectivity index (χ2v) is 11.7. The lowest BCUT2D eigenvalue weighted by molar-refractivity contribution is -0.122. The maximum absolute atomic E-state index is 12.7. The highest BCUT2D eigenvalue weighted by atomic mass is 32.2. The second-order valence-electron chi connectivity index (χ2n) is 8.08. The van der Waals surface area contributed by atoms with Crippen molar-refractivity contribution in [2.45, 2.75) is 43.1 Å². The van der Waals surface area contributed by atoms with Gasteiger partial charge in [0.2, 0.25) is 26.0 Å². The van der Waals surface area contributed by atoms with Crippen LogP contribution in [-0.4, -0.2) is 66.0 Å². The van der Waals surface area contributed by atoms with Crippen LogP contribution in [0.2, 0.25) is 0 Å². The molecule has 0 aromatic heterocycles. The normalized spacial score (nSPS) is 16.0. The van der Waals surface area contributed by atoms with Crippen molar-refractivity contribution in [2.75, 3.05) is 32.9 Å². The maximum atomic E-state index is 12.7. The van der Waals surface area contributed by atoms with Crippen LogP contribution in [0, 0.1) is 6.92 Å². The number of carbonyl (C=O) groups is 1. The number of hydrogen-bond acceptors (Lipinski definition) is 7. The summed E-state index contributed by atoms with van der Waals surface area (Å²) in [5.74, 6) is 0.0854. The van der Waals surface area contributed by atoms with E-state index >= 15 is 0 Å². The van der Waals surface area contributed by atoms with Crippen LogP contribution in [-0.2, 0) is 36.1 Å². The van der Waals surface area contributed by atoms with Gasteiger partial charge in [0.05, 0.1) is 35.7 Å². The molecule has 1 amide bonds. The van der Waals surface area contributed by atoms with Crippen LogP contribution in [0.5, 0.6) is 5.75 Å². The molecule has 35 heavy (non-hydrogen) atoms. The zero-order chi connectivity index (χ0) is 25.6. The monoisotopic (exact) mass is 525 g/mol. The van der Waals surface area contributed by atoms with Gasteiger partial charge in [-0.15, -0.1) is 0 Å². The first-order valence-electron chi connectivity index (χ1n) is 11.2. The summed E-state index contributed by atoms with van der Waals surface area (Å²) in [6.07, 6.45) is 0. The topological polar surface area (TPSA) is 131 Å². The smallest absolute Gasteiger partial charge is 0.243 e. The van der Waals surface area contributed by atoms with E-state index in [1.807, 2.05) is 6.92 Å². The molecule has 1 fully saturated rings. The van der Waals surface area contributed by atoms with Gasteiger partial charge in [0, 0.05) is 19.6 Å². The lowest BCUT2D eigenvalue weighted by Gasteiger charge is -2.26. The Hall–Kier alpha value is -2.51. The molecule has 2 aromatic carbocycles. The zero-order valence-electron chi connectivity index (χ0n) is 20.0. The molecule has 0 bridgehead atoms. The average molecular weight is 526 g/mol. The van der Waals surface area contributed by atoms with Gasteiger partial charge in [0.15, 0.2) is 0 Å². The minimum Gasteiger partial charge on any atom is -0.494 e. The number of aryl methyl sites for hydroxylation is 1. The zero-order valence-corrected chi connectivity index (χ0v) is 21.6. The van der Waals surface area contributed by atoms with Crippen molar-refractivity contribution in [1.29, 1.82) is 0 Å². The van der Waals surface area contributed by atoms with Gasteiger partial charge in [-0.25, -0.2) is 16.8 Å². The summed E-state index contributed by atoms with van der Waals surface area (Å²) in [6.45, 7) is 6.97. The number of benzene rings is 2. The van der Waals surface area contributed by atoms with Crippen LogP contribution < -0.4 is 14.8 Å². The maximum Gasteiger partial charge on any atom is 0.243 e. The van der Waals surface area contributed by atoms with Gasteiger partial charge in [0.1, 0.15) is 5.75 Å². The van der Waals surface area contributed by atoms with Crippen LogP contribution >= 0.6 is 0 Å². The Kier molecular flexibility index (Phi) is 8.89. The van der Waals surface area contributed by atoms with E-state index in [9.17, 15) is 21.6 Å². The van der Waals surface area contributed by atoms with Crippen molar-refractivity contribution in [1.82, 2.24) is 14.3 Å². The molecule has 2 N–H and O–H groups in total. The standard InChI is InChI=1S/C23H31N3O7S2/c1-4-33-22-10-9-21(15-17(22)2)34(28,29)25-18(3)23(27)24-16-19-5-7-20(8-6-19)35(30,31)26-11-13-32-14-12-26/h5-10,15,18,25H,4,11-14,16H2,1-3H3,(H,24,27). The summed E-state index contributed by atoms with van der Waals surface area (Å²) in [7, 11) is -7.52. The van der Waals surface area contributed by atoms with Crippen LogP contribution in [0.25, 0.3) is 0 Å². The number of ether oxygens (including phenoxy) is 2. The molecule has 0 spiro atoms. The number of amides is 1. The van der Waals surface area contributed by atoms with Crippen LogP contribution in [0.15, 0.2) is 52.3 Å². The number of morpholine rings is 1. The van der Waals surface area contributed by atoms with E-state index in [-0.39, 0.29) is 16.3 Å². The van der Waals surface area contributed by atoms with Crippen molar-refractivity contribution < 1.29 is 31.1 Å². The summed E-state index contributed by atoms with van der Waals surface area (Å²) < 4.78 is 65.2. The van der Waals surface area contributed by atoms with Gasteiger partial charge in [-0.05, 0) is 62.2 Å². The molecule has 192 valence electrons. The SMILES string of the molecule is CCOc1ccc(S(=O)(=O)NC(C)C(=O)NCc2ccc(S(=O)(=O)N3CCOCC3)cc2)cc1C. The number of sulfonamides is 2. The first-order valence-corrected chi connectivity index (χ1v) is 14.2. The highest BCUT2D eigenvalue weighted by Gasteiger charge is 2.26. The number of hydrogen-bond donors (Lipinski definition) is 2. The number of nitrogens with one attached hydrogen (secondary N) is 2. The Bertz CT molecular complexity index is 1240. The number of carbonyl (C=O) groups excluding carboxylic acids is 1. The Morgan fingerprint density at radius 2 is 1.69 bits per heavy atom. The van der Waals surface area contributed by atoms with E-state index < -0.39 is 32.0 Å². The summed E-state index contributed by atoms with van der Waals surface area (Å²) in [4.78, 5) is 12.7. The first-order chi connectivity index (χ1) is 16.5. The van der Waals surface area contributed by atoms with Gasteiger partial charge in [-0.3, -0.25) is 4.79 Å². The molecule has 0 radical (unpaired) electrons. The van der Waals surface area contributed by atoms with E-state index in [0.717, 1.165) is 0 Å². The van der Waals surface area contributed by atoms with E-state index in [4.69, 9.17) is 9.47 Å². The van der Waals surface area contributed by atoms with Crippen molar-refractivity contribution in [3.05, 3.63) is 53.6 Å². The number of rotatable bonds is 10. The molecular weight excluding hydrogens is 494 g/mol. The van der Waals surface area contributed by atoms with Crippen LogP contribution in [0.4, 0.5) is 0 Å². The molecule has 3 rings (SSSR count). The number of nitrogens with zero attached hydrogens (tertiary/aromatic N) is 1. The molecule has 1 aliphatic rings. The third-order valence-corrected chi connectivity index (χ3v) is 8.93. The predicted molar refractivity (Wildman–Crippen MR) is 130 cm³/mol. The van der Waals surface area contributed by atoms with Crippen LogP contribution in [0.3, 0.4) is 0 Å². The Balaban J connectivity index is 1.57. The molecular formula is C23H31N3O7S2. The molecule has 0 aliphatic carbocycles. The quantitative estimate of drug-likeness (QED) is 0.479. The van der Waals surface area contributed by atoms with Gasteiger partial charge in [-0.2, -0.15) is 9.03 Å². The van der Waals surface area contributed by atoms with Crippen molar-refractivity contribution in [3.8, 4) is 5.75 Å². The van der Waals surface area contributed by atoms with Gasteiger partial charge in [0.25, 0.3) is 0 Å². The summed E-state index contributed by atoms with van der Waals surface area (Å²) in [6, 6.07) is 9.70. The Morgan fingerprint density at radius 1 is 1.06 bits per heavy atom. The van der Waals surface area contributed by atoms with E-state index in [1.54, 1.807) is 25.1 Å². The largest absolute Gasteiger partial charge is 0.494 e. The average Bonchev–Trinajstić information content (AvgIpc) is 2.84. The van der Waals surface area contributed by atoms with E-state index in [1.165, 1.54) is 35.5 Å². The highest BCUT2D eigenvalue weighted by molar-refractivity contribution is 7.89. The molecule has 2 aromatic rings. The van der Waals surface area contributed by atoms with Crippen LogP contribution in [0.1, 0.15) is 25.0 Å². The fourth-order valence-electron chi connectivity index (χ4n) is 3.52. The lowest BCUT2D eigenvalue weighted by atomic mass is 10.2. The summed E-state index contributed by atoms with van der Waals surface area (Å²) in [5.41, 5.74) is 1.35. The molecule has 10 nitrogen and oxygen atoms in total. The third-order valence-electron chi connectivity index (χ3n) is 5.48. The summed E-state index contributed by atoms with van der Waals surface area (Å²) in [5, 5.41) is 2.67. The lowest BCUT2D eigenvalue weighted by Crippen LogP contribution is -2.44. The molecule has 1 heterocycles. The van der Waals surface area contributed by atoms with E-state index in [2.05, 4.69) is 10.0 Å². The van der Waals surface area contributed by atoms with Crippen molar-refractivity contribution >= 4 is 26.0 Å². The van der Waals surface area contributed by atoms with Crippen molar-refractivity contribution in [2.24, 2.45) is 0 Å². The second kappa shape index (κ2) is 11.5. The Morgan fingerprint density at radius 3 is 2.29 bits per heavy atom. The molecule has 1 aliphatic heterocycles. The van der Waals surface area contributed by atoms with Gasteiger partial charge < -0.3 is 14.8 Å². The van der Waals surface area contributed by atoms with Gasteiger partial charge >= 0.3 is 0 Å². The van der Waals surface area contributed by atoms with Crippen molar-refractivity contribution in [3.63, 3.8) is 0 Å². The molecule has 12 heteroatoms. The fraction of sp³-hybridized carbons (Fsp3) is 0.435. The molecule has 0 saturated carbocycles. The van der Waals surface area contributed by atoms with Gasteiger partial charge in [-0.1, -0.05) is 12.1 Å². The fourth-order valence-corrected chi connectivity index (χ4v) is 6.21. The van der Waals surface area contributed by atoms with E-state index in [0.29, 0.717) is 49.8 Å². The predicted octanol–water partition coefficient (Wildman–Crippen LogP) is 1.40. The minimum absolute atomic E-state index is 0.0372. The summed E-state index contributed by atoms with van der Waals surface area (Å²) >= 11 is 0. The molecule has 1 atom stereocenters. The molecule has 1 saturated heterocycles.